The zero-order chi connectivity index (χ0) is 29.7. The predicted molar refractivity (Wildman–Crippen MR) is 171 cm³/mol. The van der Waals surface area contributed by atoms with E-state index >= 15 is 0 Å². The van der Waals surface area contributed by atoms with Gasteiger partial charge in [0, 0.05) is 44.2 Å². The van der Waals surface area contributed by atoms with Gasteiger partial charge in [0.1, 0.15) is 5.75 Å². The van der Waals surface area contributed by atoms with Crippen LogP contribution < -0.4 is 15.2 Å². The molecular formula is C33H43Cl2N3O3. The van der Waals surface area contributed by atoms with Crippen LogP contribution in [0.1, 0.15) is 58.7 Å². The monoisotopic (exact) mass is 599 g/mol. The van der Waals surface area contributed by atoms with Crippen LogP contribution in [0.5, 0.6) is 5.75 Å². The van der Waals surface area contributed by atoms with Crippen molar-refractivity contribution < 1.29 is 9.53 Å². The van der Waals surface area contributed by atoms with E-state index in [0.717, 1.165) is 63.1 Å². The number of rotatable bonds is 11. The number of pyridine rings is 1. The summed E-state index contributed by atoms with van der Waals surface area (Å²) < 4.78 is 7.42. The van der Waals surface area contributed by atoms with Gasteiger partial charge in [0.2, 0.25) is 5.91 Å². The van der Waals surface area contributed by atoms with E-state index in [1.54, 1.807) is 6.07 Å². The fourth-order valence-electron chi connectivity index (χ4n) is 5.86. The Morgan fingerprint density at radius 2 is 1.68 bits per heavy atom. The van der Waals surface area contributed by atoms with E-state index in [0.29, 0.717) is 33.8 Å². The van der Waals surface area contributed by atoms with Crippen molar-refractivity contribution in [2.45, 2.75) is 53.9 Å². The molecule has 0 amide bonds. The van der Waals surface area contributed by atoms with E-state index in [9.17, 15) is 9.59 Å². The number of aromatic nitrogens is 1. The topological polar surface area (TPSA) is 54.8 Å². The Morgan fingerprint density at radius 1 is 0.976 bits per heavy atom. The minimum absolute atomic E-state index is 0.166. The second-order valence-electron chi connectivity index (χ2n) is 12.3. The summed E-state index contributed by atoms with van der Waals surface area (Å²) in [4.78, 5) is 31.3. The smallest absolute Gasteiger partial charge is 0.257 e. The summed E-state index contributed by atoms with van der Waals surface area (Å²) in [5.74, 6) is 0.663. The minimum atomic E-state index is -0.304. The summed E-state index contributed by atoms with van der Waals surface area (Å²) in [5, 5.41) is 2.06. The number of ether oxygens (including phenoxy) is 1. The van der Waals surface area contributed by atoms with Gasteiger partial charge in [-0.2, -0.15) is 0 Å². The Morgan fingerprint density at radius 3 is 2.39 bits per heavy atom. The Bertz CT molecular complexity index is 1410. The summed E-state index contributed by atoms with van der Waals surface area (Å²) in [7, 11) is 0. The van der Waals surface area contributed by atoms with Crippen LogP contribution in [0.25, 0.3) is 10.9 Å². The van der Waals surface area contributed by atoms with Gasteiger partial charge in [0.15, 0.2) is 0 Å². The van der Waals surface area contributed by atoms with Gasteiger partial charge in [-0.1, -0.05) is 63.9 Å². The molecule has 1 atom stereocenters. The molecule has 2 aromatic carbocycles. The summed E-state index contributed by atoms with van der Waals surface area (Å²) in [6.07, 6.45) is 2.84. The van der Waals surface area contributed by atoms with Crippen LogP contribution in [0.4, 0.5) is 5.69 Å². The molecule has 6 nitrogen and oxygen atoms in total. The van der Waals surface area contributed by atoms with Crippen molar-refractivity contribution in [3.63, 3.8) is 0 Å². The highest BCUT2D eigenvalue weighted by molar-refractivity contribution is 6.43. The van der Waals surface area contributed by atoms with Crippen molar-refractivity contribution in [3.8, 4) is 5.75 Å². The highest BCUT2D eigenvalue weighted by Gasteiger charge is 2.33. The number of fused-ring (bicyclic) bond motifs is 1. The number of carbonyl (C=O) groups excluding carboxylic acids is 1. The molecule has 1 unspecified atom stereocenters. The average molecular weight is 601 g/mol. The molecule has 3 aromatic rings. The predicted octanol–water partition coefficient (Wildman–Crippen LogP) is 7.64. The molecule has 41 heavy (non-hydrogen) atoms. The molecule has 1 saturated heterocycles. The number of halogens is 2. The number of benzene rings is 2. The second kappa shape index (κ2) is 13.6. The lowest BCUT2D eigenvalue weighted by Crippen LogP contribution is -2.46. The molecule has 2 heterocycles. The number of anilines is 1. The zero-order valence-electron chi connectivity index (χ0n) is 25.0. The van der Waals surface area contributed by atoms with Crippen molar-refractivity contribution in [3.05, 3.63) is 68.9 Å². The first-order valence-electron chi connectivity index (χ1n) is 14.7. The molecule has 0 spiro atoms. The lowest BCUT2D eigenvalue weighted by atomic mass is 9.73. The number of nitrogens with zero attached hydrogens (tertiary/aromatic N) is 3. The number of piperazine rings is 1. The fourth-order valence-corrected chi connectivity index (χ4v) is 6.28. The third-order valence-electron chi connectivity index (χ3n) is 8.35. The summed E-state index contributed by atoms with van der Waals surface area (Å²) in [6.45, 7) is 15.8. The molecule has 1 aliphatic rings. The number of carbonyl (C=O) groups is 1. The van der Waals surface area contributed by atoms with E-state index in [2.05, 4.69) is 37.5 Å². The zero-order valence-corrected chi connectivity index (χ0v) is 26.5. The maximum Gasteiger partial charge on any atom is 0.257 e. The van der Waals surface area contributed by atoms with Gasteiger partial charge in [-0.3, -0.25) is 14.5 Å². The van der Waals surface area contributed by atoms with Crippen LogP contribution in [0.3, 0.4) is 0 Å². The normalized spacial score (nSPS) is 15.5. The van der Waals surface area contributed by atoms with Gasteiger partial charge in [0.05, 0.1) is 27.9 Å². The van der Waals surface area contributed by atoms with Gasteiger partial charge in [-0.25, -0.2) is 4.57 Å². The molecule has 1 fully saturated rings. The maximum absolute atomic E-state index is 13.6. The lowest BCUT2D eigenvalue weighted by Gasteiger charge is -2.36. The quantitative estimate of drug-likeness (QED) is 0.212. The van der Waals surface area contributed by atoms with E-state index in [1.165, 1.54) is 10.6 Å². The van der Waals surface area contributed by atoms with Crippen LogP contribution in [0.15, 0.2) is 53.3 Å². The molecule has 222 valence electrons. The molecule has 4 rings (SSSR count). The number of hydrogen-bond donors (Lipinski definition) is 0. The second-order valence-corrected chi connectivity index (χ2v) is 13.1. The Kier molecular flexibility index (Phi) is 10.4. The Hall–Kier alpha value is -2.54. The van der Waals surface area contributed by atoms with Crippen LogP contribution in [-0.2, 0) is 0 Å². The fraction of sp³-hybridized carbons (Fsp3) is 0.515. The Labute approximate surface area is 254 Å². The number of hydrogen-bond acceptors (Lipinski definition) is 5. The molecule has 8 heteroatoms. The van der Waals surface area contributed by atoms with E-state index in [-0.39, 0.29) is 22.8 Å². The molecule has 1 aliphatic heterocycles. The van der Waals surface area contributed by atoms with Gasteiger partial charge in [-0.05, 0) is 72.9 Å². The van der Waals surface area contributed by atoms with Crippen LogP contribution in [0.2, 0.25) is 10.0 Å². The van der Waals surface area contributed by atoms with E-state index in [4.69, 9.17) is 27.9 Å². The summed E-state index contributed by atoms with van der Waals surface area (Å²) in [6, 6.07) is 14.7. The Balaban J connectivity index is 1.31. The molecule has 0 bridgehead atoms. The molecule has 0 saturated carbocycles. The molecule has 0 aliphatic carbocycles. The third-order valence-corrected chi connectivity index (χ3v) is 9.16. The van der Waals surface area contributed by atoms with Gasteiger partial charge in [0.25, 0.3) is 5.56 Å². The van der Waals surface area contributed by atoms with Crippen molar-refractivity contribution in [1.82, 2.24) is 9.47 Å². The highest BCUT2D eigenvalue weighted by atomic mass is 35.5. The van der Waals surface area contributed by atoms with Gasteiger partial charge in [-0.15, -0.1) is 0 Å². The lowest BCUT2D eigenvalue weighted by molar-refractivity contribution is 0.0699. The van der Waals surface area contributed by atoms with E-state index < -0.39 is 0 Å². The minimum Gasteiger partial charge on any atom is -0.494 e. The first kappa shape index (κ1) is 31.4. The maximum atomic E-state index is 13.6. The highest BCUT2D eigenvalue weighted by Crippen LogP contribution is 2.35. The van der Waals surface area contributed by atoms with Crippen LogP contribution in [-0.4, -0.2) is 54.7 Å². The number of unbranched alkanes of at least 4 members (excludes halogenated alkanes) is 1. The summed E-state index contributed by atoms with van der Waals surface area (Å²) >= 11 is 12.6. The summed E-state index contributed by atoms with van der Waals surface area (Å²) in [5.41, 5.74) is 1.08. The van der Waals surface area contributed by atoms with Gasteiger partial charge >= 0.3 is 0 Å². The van der Waals surface area contributed by atoms with Crippen molar-refractivity contribution in [1.29, 1.82) is 0 Å². The van der Waals surface area contributed by atoms with Crippen molar-refractivity contribution in [2.24, 2.45) is 17.3 Å². The molecular weight excluding hydrogens is 557 g/mol. The molecule has 0 N–H and O–H groups in total. The molecule has 1 aromatic heterocycles. The van der Waals surface area contributed by atoms with Crippen LogP contribution >= 0.6 is 23.2 Å². The first-order valence-corrected chi connectivity index (χ1v) is 15.5. The largest absolute Gasteiger partial charge is 0.494 e. The third kappa shape index (κ3) is 7.65. The van der Waals surface area contributed by atoms with E-state index in [1.807, 2.05) is 43.3 Å². The SMILES string of the molecule is CC(C)CC(C)(C)C(C)C(=O)n1c(=O)ccc2ccc(OCCCCN3CCN(c4cccc(Cl)c4Cl)CC3)cc21. The molecule has 0 radical (unpaired) electrons. The van der Waals surface area contributed by atoms with Crippen molar-refractivity contribution >= 4 is 45.7 Å². The standard InChI is InChI=1S/C33H43Cl2N3O3/c1-23(2)22-33(4,5)24(3)32(40)38-29-21-26(13-11-25(29)12-14-30(38)39)41-20-7-6-15-36-16-18-37(19-17-36)28-10-8-9-27(34)31(28)35/h8-14,21,23-24H,6-7,15-20,22H2,1-5H3. The average Bonchev–Trinajstić information content (AvgIpc) is 2.93. The van der Waals surface area contributed by atoms with Crippen LogP contribution in [0, 0.1) is 17.3 Å². The van der Waals surface area contributed by atoms with Gasteiger partial charge < -0.3 is 9.64 Å². The first-order chi connectivity index (χ1) is 19.5. The van der Waals surface area contributed by atoms with Crippen molar-refractivity contribution in [2.75, 3.05) is 44.2 Å².